The summed E-state index contributed by atoms with van der Waals surface area (Å²) in [5, 5.41) is 0. The molecule has 0 N–H and O–H groups in total. The van der Waals surface area contributed by atoms with E-state index in [9.17, 15) is 0 Å². The first-order valence-electron chi connectivity index (χ1n) is 3.32. The average molecular weight is 110 g/mol. The van der Waals surface area contributed by atoms with E-state index in [1.165, 1.54) is 0 Å². The van der Waals surface area contributed by atoms with Gasteiger partial charge in [-0.05, 0) is 25.7 Å². The zero-order chi connectivity index (χ0) is 6.31. The van der Waals surface area contributed by atoms with Crippen LogP contribution in [0.25, 0.3) is 0 Å². The monoisotopic (exact) mass is 110 g/mol. The van der Waals surface area contributed by atoms with Gasteiger partial charge in [0.2, 0.25) is 0 Å². The average Bonchev–Trinajstić information content (AvgIpc) is 1.83. The Morgan fingerprint density at radius 3 is 1.25 bits per heavy atom. The summed E-state index contributed by atoms with van der Waals surface area (Å²) < 4.78 is 0. The van der Waals surface area contributed by atoms with Gasteiger partial charge in [0.1, 0.15) is 0 Å². The molecule has 0 aromatic carbocycles. The first-order chi connectivity index (χ1) is 3.64. The molecule has 0 amide bonds. The molecule has 0 fully saturated rings. The highest BCUT2D eigenvalue weighted by molar-refractivity contribution is 5.27. The van der Waals surface area contributed by atoms with Crippen molar-refractivity contribution in [3.05, 3.63) is 11.1 Å². The van der Waals surface area contributed by atoms with Crippen molar-refractivity contribution in [3.63, 3.8) is 0 Å². The van der Waals surface area contributed by atoms with Crippen molar-refractivity contribution in [3.8, 4) is 0 Å². The van der Waals surface area contributed by atoms with Gasteiger partial charge < -0.3 is 0 Å². The Hall–Kier alpha value is -0.260. The molecule has 0 radical (unpaired) electrons. The van der Waals surface area contributed by atoms with Crippen LogP contribution < -0.4 is 0 Å². The molecule has 0 heterocycles. The van der Waals surface area contributed by atoms with Gasteiger partial charge in [-0.15, -0.1) is 0 Å². The molecule has 0 bridgehead atoms. The molecule has 0 spiro atoms. The molecular formula is C8H14. The molecule has 0 saturated carbocycles. The van der Waals surface area contributed by atoms with Gasteiger partial charge in [0, 0.05) is 0 Å². The molecule has 0 unspecified atom stereocenters. The van der Waals surface area contributed by atoms with Gasteiger partial charge in [0.25, 0.3) is 0 Å². The van der Waals surface area contributed by atoms with Crippen molar-refractivity contribution < 1.29 is 0 Å². The third-order valence-electron chi connectivity index (χ3n) is 2.74. The molecule has 0 aromatic heterocycles. The van der Waals surface area contributed by atoms with E-state index >= 15 is 0 Å². The Bertz CT molecular complexity index is 115. The van der Waals surface area contributed by atoms with Gasteiger partial charge in [-0.3, -0.25) is 0 Å². The van der Waals surface area contributed by atoms with Crippen molar-refractivity contribution in [2.45, 2.75) is 27.7 Å². The minimum absolute atomic E-state index is 0.856. The molecule has 0 heteroatoms. The largest absolute Gasteiger partial charge is 0.0707 e. The maximum absolute atomic E-state index is 2.30. The highest BCUT2D eigenvalue weighted by Crippen LogP contribution is 2.38. The summed E-state index contributed by atoms with van der Waals surface area (Å²) in [5.74, 6) is 1.71. The molecule has 1 aliphatic carbocycles. The van der Waals surface area contributed by atoms with Crippen LogP contribution in [0.4, 0.5) is 0 Å². The van der Waals surface area contributed by atoms with Gasteiger partial charge in [0.05, 0.1) is 0 Å². The van der Waals surface area contributed by atoms with E-state index in [4.69, 9.17) is 0 Å². The number of allylic oxidation sites excluding steroid dienone is 2. The lowest BCUT2D eigenvalue weighted by molar-refractivity contribution is 0.426. The third-order valence-corrected chi connectivity index (χ3v) is 2.74. The summed E-state index contributed by atoms with van der Waals surface area (Å²) in [6.45, 7) is 9.07. The maximum Gasteiger partial charge on any atom is -0.0169 e. The van der Waals surface area contributed by atoms with E-state index in [1.807, 2.05) is 0 Å². The lowest BCUT2D eigenvalue weighted by Crippen LogP contribution is -2.22. The van der Waals surface area contributed by atoms with Crippen LogP contribution in [0.3, 0.4) is 0 Å². The maximum atomic E-state index is 2.30. The van der Waals surface area contributed by atoms with Crippen molar-refractivity contribution >= 4 is 0 Å². The van der Waals surface area contributed by atoms with Crippen molar-refractivity contribution in [1.82, 2.24) is 0 Å². The quantitative estimate of drug-likeness (QED) is 0.420. The minimum atomic E-state index is 0.856. The Kier molecular flexibility index (Phi) is 1.18. The van der Waals surface area contributed by atoms with Crippen LogP contribution in [0.1, 0.15) is 27.7 Å². The van der Waals surface area contributed by atoms with Gasteiger partial charge in [-0.2, -0.15) is 0 Å². The summed E-state index contributed by atoms with van der Waals surface area (Å²) in [5.41, 5.74) is 3.22. The molecule has 1 aliphatic rings. The smallest absolute Gasteiger partial charge is 0.0169 e. The molecule has 1 rings (SSSR count). The molecule has 0 aliphatic heterocycles. The van der Waals surface area contributed by atoms with E-state index in [0.717, 1.165) is 11.8 Å². The van der Waals surface area contributed by atoms with Gasteiger partial charge in [-0.1, -0.05) is 25.0 Å². The highest BCUT2D eigenvalue weighted by Gasteiger charge is 2.26. The van der Waals surface area contributed by atoms with Crippen LogP contribution in [0.2, 0.25) is 0 Å². The van der Waals surface area contributed by atoms with Gasteiger partial charge >= 0.3 is 0 Å². The Morgan fingerprint density at radius 1 is 0.875 bits per heavy atom. The van der Waals surface area contributed by atoms with Crippen LogP contribution in [0.5, 0.6) is 0 Å². The second kappa shape index (κ2) is 1.61. The summed E-state index contributed by atoms with van der Waals surface area (Å²) >= 11 is 0. The van der Waals surface area contributed by atoms with Crippen LogP contribution in [0, 0.1) is 11.8 Å². The fourth-order valence-electron chi connectivity index (χ4n) is 1.37. The lowest BCUT2D eigenvalue weighted by atomic mass is 9.71. The second-order valence-electron chi connectivity index (χ2n) is 2.94. The SMILES string of the molecule is CC1=C(C)[C@H](C)[C@H]1C. The fourth-order valence-corrected chi connectivity index (χ4v) is 1.37. The highest BCUT2D eigenvalue weighted by atomic mass is 14.3. The molecular weight excluding hydrogens is 96.1 g/mol. The van der Waals surface area contributed by atoms with E-state index in [1.54, 1.807) is 11.1 Å². The second-order valence-corrected chi connectivity index (χ2v) is 2.94. The fraction of sp³-hybridized carbons (Fsp3) is 0.750. The molecule has 46 valence electrons. The van der Waals surface area contributed by atoms with Crippen molar-refractivity contribution in [2.75, 3.05) is 0 Å². The number of rotatable bonds is 0. The summed E-state index contributed by atoms with van der Waals surface area (Å²) in [6.07, 6.45) is 0. The first kappa shape index (κ1) is 5.87. The molecule has 0 aromatic rings. The zero-order valence-electron chi connectivity index (χ0n) is 6.15. The summed E-state index contributed by atoms with van der Waals surface area (Å²) in [4.78, 5) is 0. The predicted molar refractivity (Wildman–Crippen MR) is 36.7 cm³/mol. The Balaban J connectivity index is 2.74. The predicted octanol–water partition coefficient (Wildman–Crippen LogP) is 2.61. The lowest BCUT2D eigenvalue weighted by Gasteiger charge is -2.34. The Labute approximate surface area is 51.6 Å². The molecule has 8 heavy (non-hydrogen) atoms. The van der Waals surface area contributed by atoms with Crippen molar-refractivity contribution in [2.24, 2.45) is 11.8 Å². The van der Waals surface area contributed by atoms with Crippen LogP contribution in [0.15, 0.2) is 11.1 Å². The summed E-state index contributed by atoms with van der Waals surface area (Å²) in [6, 6.07) is 0. The van der Waals surface area contributed by atoms with Gasteiger partial charge in [-0.25, -0.2) is 0 Å². The van der Waals surface area contributed by atoms with Gasteiger partial charge in [0.15, 0.2) is 0 Å². The number of hydrogen-bond acceptors (Lipinski definition) is 0. The Morgan fingerprint density at radius 2 is 1.12 bits per heavy atom. The van der Waals surface area contributed by atoms with E-state index in [0.29, 0.717) is 0 Å². The third kappa shape index (κ3) is 0.521. The van der Waals surface area contributed by atoms with Crippen molar-refractivity contribution in [1.29, 1.82) is 0 Å². The van der Waals surface area contributed by atoms with E-state index in [2.05, 4.69) is 27.7 Å². The van der Waals surface area contributed by atoms with Crippen LogP contribution in [-0.4, -0.2) is 0 Å². The van der Waals surface area contributed by atoms with E-state index < -0.39 is 0 Å². The molecule has 0 nitrogen and oxygen atoms in total. The molecule has 0 saturated heterocycles. The topological polar surface area (TPSA) is 0 Å². The minimum Gasteiger partial charge on any atom is -0.0707 e. The summed E-state index contributed by atoms with van der Waals surface area (Å²) in [7, 11) is 0. The zero-order valence-corrected chi connectivity index (χ0v) is 6.15. The normalized spacial score (nSPS) is 37.5. The molecule has 2 atom stereocenters. The van der Waals surface area contributed by atoms with Crippen LogP contribution in [-0.2, 0) is 0 Å². The van der Waals surface area contributed by atoms with Crippen LogP contribution >= 0.6 is 0 Å². The number of hydrogen-bond donors (Lipinski definition) is 0. The standard InChI is InChI=1S/C8H14/c1-5-6(2)8(4)7(5)3/h5-6H,1-4H3/t5-,6-/m1/s1. The van der Waals surface area contributed by atoms with E-state index in [-0.39, 0.29) is 0 Å². The first-order valence-corrected chi connectivity index (χ1v) is 3.32.